The second kappa shape index (κ2) is 12.7. The zero-order valence-corrected chi connectivity index (χ0v) is 18.2. The highest BCUT2D eigenvalue weighted by atomic mass is 35.5. The molecule has 0 unspecified atom stereocenters. The summed E-state index contributed by atoms with van der Waals surface area (Å²) in [5.74, 6) is 0.449. The van der Waals surface area contributed by atoms with Crippen molar-refractivity contribution in [3.05, 3.63) is 59.7 Å². The van der Waals surface area contributed by atoms with Crippen molar-refractivity contribution in [1.29, 1.82) is 0 Å². The van der Waals surface area contributed by atoms with Gasteiger partial charge in [0.1, 0.15) is 0 Å². The van der Waals surface area contributed by atoms with E-state index in [1.165, 1.54) is 5.56 Å². The fourth-order valence-electron chi connectivity index (χ4n) is 3.57. The van der Waals surface area contributed by atoms with Crippen LogP contribution in [0.3, 0.4) is 0 Å². The molecule has 7 heteroatoms. The first-order valence-corrected chi connectivity index (χ1v) is 9.69. The number of aliphatic hydroxyl groups excluding tert-OH is 1. The summed E-state index contributed by atoms with van der Waals surface area (Å²) in [4.78, 5) is 14.7. The fraction of sp³-hybridized carbons (Fsp3) is 0.409. The number of aliphatic hydroxyl groups is 1. The summed E-state index contributed by atoms with van der Waals surface area (Å²) >= 11 is 0. The van der Waals surface area contributed by atoms with Gasteiger partial charge in [-0.3, -0.25) is 9.69 Å². The van der Waals surface area contributed by atoms with Crippen LogP contribution >= 0.6 is 24.8 Å². The predicted octanol–water partition coefficient (Wildman–Crippen LogP) is 3.89. The number of benzene rings is 2. The van der Waals surface area contributed by atoms with Gasteiger partial charge in [0.05, 0.1) is 0 Å². The molecule has 1 aliphatic heterocycles. The zero-order valence-electron chi connectivity index (χ0n) is 16.5. The molecule has 3 rings (SSSR count). The molecule has 0 radical (unpaired) electrons. The van der Waals surface area contributed by atoms with Gasteiger partial charge in [-0.25, -0.2) is 0 Å². The van der Waals surface area contributed by atoms with Gasteiger partial charge in [-0.1, -0.05) is 30.3 Å². The summed E-state index contributed by atoms with van der Waals surface area (Å²) in [7, 11) is 0. The van der Waals surface area contributed by atoms with E-state index in [-0.39, 0.29) is 30.7 Å². The second-order valence-corrected chi connectivity index (χ2v) is 7.35. The van der Waals surface area contributed by atoms with Gasteiger partial charge in [-0.2, -0.15) is 0 Å². The average Bonchev–Trinajstić information content (AvgIpc) is 2.68. The van der Waals surface area contributed by atoms with Crippen LogP contribution in [0.15, 0.2) is 48.5 Å². The van der Waals surface area contributed by atoms with Crippen molar-refractivity contribution in [1.82, 2.24) is 4.90 Å². The smallest absolute Gasteiger partial charge is 0.224 e. The van der Waals surface area contributed by atoms with Crippen molar-refractivity contribution < 1.29 is 9.90 Å². The Hall–Kier alpha value is -1.79. The van der Waals surface area contributed by atoms with Gasteiger partial charge in [-0.15, -0.1) is 24.8 Å². The standard InChI is InChI=1S/C22H29N3O2.2ClH/c23-21-7-2-1-5-19(21)8-9-22(27)24-20-6-3-4-18(14-20)15-25-12-10-17(16-26)11-13-25;;/h1-7,14,17,26H,8-13,15-16,23H2,(H,24,27);2*1H. The van der Waals surface area contributed by atoms with E-state index in [4.69, 9.17) is 5.73 Å². The summed E-state index contributed by atoms with van der Waals surface area (Å²) in [6, 6.07) is 15.7. The maximum absolute atomic E-state index is 12.3. The van der Waals surface area contributed by atoms with E-state index < -0.39 is 0 Å². The Kier molecular flexibility index (Phi) is 11.1. The van der Waals surface area contributed by atoms with E-state index >= 15 is 0 Å². The maximum Gasteiger partial charge on any atom is 0.224 e. The van der Waals surface area contributed by atoms with Gasteiger partial charge in [-0.05, 0) is 67.6 Å². The summed E-state index contributed by atoms with van der Waals surface area (Å²) < 4.78 is 0. The van der Waals surface area contributed by atoms with Crippen LogP contribution in [0.4, 0.5) is 11.4 Å². The predicted molar refractivity (Wildman–Crippen MR) is 124 cm³/mol. The summed E-state index contributed by atoms with van der Waals surface area (Å²) in [5, 5.41) is 12.2. The summed E-state index contributed by atoms with van der Waals surface area (Å²) in [5.41, 5.74) is 9.71. The molecule has 0 atom stereocenters. The van der Waals surface area contributed by atoms with Crippen LogP contribution in [0.5, 0.6) is 0 Å². The highest BCUT2D eigenvalue weighted by Gasteiger charge is 2.18. The molecule has 5 nitrogen and oxygen atoms in total. The number of hydrogen-bond acceptors (Lipinski definition) is 4. The lowest BCUT2D eigenvalue weighted by Crippen LogP contribution is -2.34. The van der Waals surface area contributed by atoms with Crippen molar-refractivity contribution in [2.45, 2.75) is 32.2 Å². The highest BCUT2D eigenvalue weighted by Crippen LogP contribution is 2.20. The summed E-state index contributed by atoms with van der Waals surface area (Å²) in [6.45, 7) is 3.20. The molecule has 160 valence electrons. The number of nitrogens with one attached hydrogen (secondary N) is 1. The Morgan fingerprint density at radius 3 is 2.52 bits per heavy atom. The van der Waals surface area contributed by atoms with Gasteiger partial charge in [0, 0.05) is 30.9 Å². The lowest BCUT2D eigenvalue weighted by atomic mass is 9.97. The van der Waals surface area contributed by atoms with E-state index in [0.717, 1.165) is 49.4 Å². The van der Waals surface area contributed by atoms with Crippen molar-refractivity contribution in [3.63, 3.8) is 0 Å². The molecular formula is C22H31Cl2N3O2. The molecule has 2 aromatic carbocycles. The molecule has 0 aromatic heterocycles. The van der Waals surface area contributed by atoms with E-state index in [0.29, 0.717) is 25.4 Å². The Morgan fingerprint density at radius 2 is 1.83 bits per heavy atom. The minimum atomic E-state index is -0.000775. The van der Waals surface area contributed by atoms with E-state index in [2.05, 4.69) is 16.3 Å². The van der Waals surface area contributed by atoms with Crippen LogP contribution in [-0.4, -0.2) is 35.6 Å². The number of amides is 1. The van der Waals surface area contributed by atoms with Gasteiger partial charge in [0.15, 0.2) is 0 Å². The first kappa shape index (κ1) is 25.2. The molecule has 1 heterocycles. The fourth-order valence-corrected chi connectivity index (χ4v) is 3.57. The van der Waals surface area contributed by atoms with Crippen molar-refractivity contribution in [2.24, 2.45) is 5.92 Å². The topological polar surface area (TPSA) is 78.6 Å². The van der Waals surface area contributed by atoms with Crippen LogP contribution < -0.4 is 11.1 Å². The SMILES string of the molecule is Cl.Cl.Nc1ccccc1CCC(=O)Nc1cccc(CN2CCC(CO)CC2)c1. The molecule has 1 saturated heterocycles. The number of piperidine rings is 1. The Bertz CT molecular complexity index is 765. The third kappa shape index (κ3) is 7.86. The number of para-hydroxylation sites is 1. The van der Waals surface area contributed by atoms with Crippen LogP contribution in [0.1, 0.15) is 30.4 Å². The zero-order chi connectivity index (χ0) is 19.1. The Balaban J connectivity index is 0.00000210. The van der Waals surface area contributed by atoms with Gasteiger partial charge < -0.3 is 16.2 Å². The highest BCUT2D eigenvalue weighted by molar-refractivity contribution is 5.91. The molecule has 0 saturated carbocycles. The molecule has 0 bridgehead atoms. The van der Waals surface area contributed by atoms with Crippen LogP contribution in [-0.2, 0) is 17.8 Å². The molecule has 1 fully saturated rings. The normalized spacial score (nSPS) is 14.5. The van der Waals surface area contributed by atoms with E-state index in [9.17, 15) is 9.90 Å². The number of nitrogen functional groups attached to an aromatic ring is 1. The number of aryl methyl sites for hydroxylation is 1. The number of carbonyl (C=O) groups is 1. The van der Waals surface area contributed by atoms with E-state index in [1.807, 2.05) is 42.5 Å². The molecule has 1 aliphatic rings. The van der Waals surface area contributed by atoms with E-state index in [1.54, 1.807) is 0 Å². The number of hydrogen-bond donors (Lipinski definition) is 3. The largest absolute Gasteiger partial charge is 0.399 e. The third-order valence-corrected chi connectivity index (χ3v) is 5.26. The molecule has 0 spiro atoms. The minimum Gasteiger partial charge on any atom is -0.399 e. The first-order chi connectivity index (χ1) is 13.1. The molecule has 1 amide bonds. The number of anilines is 2. The quantitative estimate of drug-likeness (QED) is 0.571. The number of nitrogens with zero attached hydrogens (tertiary/aromatic N) is 1. The van der Waals surface area contributed by atoms with Gasteiger partial charge >= 0.3 is 0 Å². The first-order valence-electron chi connectivity index (χ1n) is 9.69. The Labute approximate surface area is 185 Å². The minimum absolute atomic E-state index is 0. The molecule has 29 heavy (non-hydrogen) atoms. The van der Waals surface area contributed by atoms with Crippen molar-refractivity contribution in [2.75, 3.05) is 30.7 Å². The molecule has 0 aliphatic carbocycles. The number of carbonyl (C=O) groups excluding carboxylic acids is 1. The van der Waals surface area contributed by atoms with Crippen LogP contribution in [0.2, 0.25) is 0 Å². The average molecular weight is 440 g/mol. The lowest BCUT2D eigenvalue weighted by molar-refractivity contribution is -0.116. The van der Waals surface area contributed by atoms with Crippen molar-refractivity contribution in [3.8, 4) is 0 Å². The van der Waals surface area contributed by atoms with Gasteiger partial charge in [0.25, 0.3) is 0 Å². The Morgan fingerprint density at radius 1 is 1.10 bits per heavy atom. The van der Waals surface area contributed by atoms with Crippen LogP contribution in [0.25, 0.3) is 0 Å². The second-order valence-electron chi connectivity index (χ2n) is 7.35. The maximum atomic E-state index is 12.3. The molecular weight excluding hydrogens is 409 g/mol. The number of rotatable bonds is 7. The monoisotopic (exact) mass is 439 g/mol. The third-order valence-electron chi connectivity index (χ3n) is 5.26. The summed E-state index contributed by atoms with van der Waals surface area (Å²) in [6.07, 6.45) is 3.15. The van der Waals surface area contributed by atoms with Crippen molar-refractivity contribution >= 4 is 42.1 Å². The molecule has 2 aromatic rings. The number of nitrogens with two attached hydrogens (primary N) is 1. The number of likely N-dealkylation sites (tertiary alicyclic amines) is 1. The number of halogens is 2. The lowest BCUT2D eigenvalue weighted by Gasteiger charge is -2.31. The molecule has 4 N–H and O–H groups in total. The van der Waals surface area contributed by atoms with Crippen LogP contribution in [0, 0.1) is 5.92 Å². The van der Waals surface area contributed by atoms with Gasteiger partial charge in [0.2, 0.25) is 5.91 Å².